The molecule has 0 saturated carbocycles. The lowest BCUT2D eigenvalue weighted by Crippen LogP contribution is -1.99. The second-order valence-electron chi connectivity index (χ2n) is 6.71. The third-order valence-corrected chi connectivity index (χ3v) is 8.11. The van der Waals surface area contributed by atoms with Crippen LogP contribution in [-0.4, -0.2) is 16.6 Å². The van der Waals surface area contributed by atoms with Crippen molar-refractivity contribution < 1.29 is 9.59 Å². The first-order valence-corrected chi connectivity index (χ1v) is 11.4. The van der Waals surface area contributed by atoms with Crippen molar-refractivity contribution in [2.45, 2.75) is 20.3 Å². The van der Waals surface area contributed by atoms with E-state index in [2.05, 4.69) is 13.0 Å². The zero-order valence-corrected chi connectivity index (χ0v) is 17.7. The average molecular weight is 422 g/mol. The highest BCUT2D eigenvalue weighted by molar-refractivity contribution is 7.30. The molecule has 4 aromatic rings. The fourth-order valence-corrected chi connectivity index (χ4v) is 6.47. The number of carbonyl (C=O) groups excluding carboxylic acids is 2. The first-order valence-electron chi connectivity index (χ1n) is 8.94. The average Bonchev–Trinajstić information content (AvgIpc) is 3.43. The molecule has 0 N–H and O–H groups in total. The zero-order chi connectivity index (χ0) is 19.4. The van der Waals surface area contributed by atoms with Crippen LogP contribution in [0.4, 0.5) is 0 Å². The molecule has 138 valence electrons. The van der Waals surface area contributed by atoms with Gasteiger partial charge >= 0.3 is 0 Å². The zero-order valence-electron chi connectivity index (χ0n) is 15.2. The Morgan fingerprint density at radius 1 is 1.07 bits per heavy atom. The van der Waals surface area contributed by atoms with Gasteiger partial charge in [-0.15, -0.1) is 34.0 Å². The molecule has 0 aliphatic heterocycles. The van der Waals surface area contributed by atoms with Crippen molar-refractivity contribution in [3.05, 3.63) is 68.4 Å². The van der Waals surface area contributed by atoms with Gasteiger partial charge in [-0.2, -0.15) is 0 Å². The van der Waals surface area contributed by atoms with Gasteiger partial charge in [-0.05, 0) is 60.2 Å². The number of aromatic nitrogens is 1. The lowest BCUT2D eigenvalue weighted by atomic mass is 9.99. The third-order valence-electron chi connectivity index (χ3n) is 4.96. The van der Waals surface area contributed by atoms with Gasteiger partial charge in [-0.25, -0.2) is 4.98 Å². The molecule has 1 aliphatic carbocycles. The molecular formula is C22H15NO2S3. The highest BCUT2D eigenvalue weighted by Crippen LogP contribution is 2.38. The number of aryl methyl sites for hydroxylation is 2. The minimum absolute atomic E-state index is 0.168. The summed E-state index contributed by atoms with van der Waals surface area (Å²) < 4.78 is 1.08. The molecule has 0 spiro atoms. The van der Waals surface area contributed by atoms with Crippen LogP contribution in [0.5, 0.6) is 0 Å². The van der Waals surface area contributed by atoms with Gasteiger partial charge in [0.25, 0.3) is 0 Å². The van der Waals surface area contributed by atoms with Gasteiger partial charge in [-0.1, -0.05) is 13.0 Å². The number of thiophene rings is 2. The van der Waals surface area contributed by atoms with Gasteiger partial charge < -0.3 is 0 Å². The lowest BCUT2D eigenvalue weighted by Gasteiger charge is -2.04. The van der Waals surface area contributed by atoms with E-state index < -0.39 is 0 Å². The number of ketones is 2. The van der Waals surface area contributed by atoms with E-state index in [9.17, 15) is 9.59 Å². The van der Waals surface area contributed by atoms with Gasteiger partial charge in [0, 0.05) is 16.0 Å². The Labute approximate surface area is 174 Å². The molecule has 1 aromatic carbocycles. The van der Waals surface area contributed by atoms with Crippen molar-refractivity contribution >= 4 is 61.2 Å². The summed E-state index contributed by atoms with van der Waals surface area (Å²) in [5.41, 5.74) is 3.50. The summed E-state index contributed by atoms with van der Waals surface area (Å²) in [5, 5.41) is 3.06. The molecule has 3 nitrogen and oxygen atoms in total. The largest absolute Gasteiger partial charge is 0.288 e. The molecule has 5 rings (SSSR count). The van der Waals surface area contributed by atoms with Crippen molar-refractivity contribution in [2.24, 2.45) is 0 Å². The van der Waals surface area contributed by atoms with E-state index in [0.29, 0.717) is 11.1 Å². The van der Waals surface area contributed by atoms with E-state index in [1.165, 1.54) is 11.3 Å². The van der Waals surface area contributed by atoms with Gasteiger partial charge in [0.05, 0.1) is 15.2 Å². The van der Waals surface area contributed by atoms with Crippen LogP contribution in [0.2, 0.25) is 0 Å². The number of carbonyl (C=O) groups is 2. The summed E-state index contributed by atoms with van der Waals surface area (Å²) in [5.74, 6) is -0.339. The molecule has 28 heavy (non-hydrogen) atoms. The van der Waals surface area contributed by atoms with Crippen LogP contribution in [0, 0.1) is 6.92 Å². The Morgan fingerprint density at radius 2 is 1.86 bits per heavy atom. The quantitative estimate of drug-likeness (QED) is 0.283. The Bertz CT molecular complexity index is 1260. The van der Waals surface area contributed by atoms with E-state index >= 15 is 0 Å². The normalized spacial score (nSPS) is 15.1. The number of nitrogens with zero attached hydrogens (tertiary/aromatic N) is 1. The Balaban J connectivity index is 1.53. The molecule has 0 amide bonds. The number of thiazole rings is 1. The van der Waals surface area contributed by atoms with Gasteiger partial charge in [0.15, 0.2) is 11.6 Å². The number of allylic oxidation sites excluding steroid dienone is 1. The molecule has 3 aromatic heterocycles. The maximum atomic E-state index is 12.9. The molecule has 0 unspecified atom stereocenters. The van der Waals surface area contributed by atoms with E-state index in [1.54, 1.807) is 28.7 Å². The first-order chi connectivity index (χ1) is 13.5. The van der Waals surface area contributed by atoms with Crippen LogP contribution in [0.15, 0.2) is 41.3 Å². The number of hydrogen-bond donors (Lipinski definition) is 0. The Kier molecular flexibility index (Phi) is 4.16. The summed E-state index contributed by atoms with van der Waals surface area (Å²) in [6.45, 7) is 4.05. The monoisotopic (exact) mass is 421 g/mol. The van der Waals surface area contributed by atoms with E-state index in [-0.39, 0.29) is 17.1 Å². The Hall–Kier alpha value is -2.41. The van der Waals surface area contributed by atoms with Crippen LogP contribution in [-0.2, 0) is 6.42 Å². The van der Waals surface area contributed by atoms with Crippen LogP contribution in [0.1, 0.15) is 43.6 Å². The van der Waals surface area contributed by atoms with Crippen molar-refractivity contribution in [1.29, 1.82) is 0 Å². The molecule has 0 atom stereocenters. The number of Topliss-reactive ketones (excluding diaryl/α,β-unsaturated/α-hetero) is 2. The summed E-state index contributed by atoms with van der Waals surface area (Å²) >= 11 is 4.83. The molecule has 6 heteroatoms. The highest BCUT2D eigenvalue weighted by Gasteiger charge is 2.33. The maximum absolute atomic E-state index is 12.9. The highest BCUT2D eigenvalue weighted by atomic mass is 32.1. The number of fused-ring (bicyclic) bond motifs is 2. The molecule has 0 saturated heterocycles. The predicted molar refractivity (Wildman–Crippen MR) is 118 cm³/mol. The summed E-state index contributed by atoms with van der Waals surface area (Å²) in [6, 6.07) is 9.85. The van der Waals surface area contributed by atoms with Crippen LogP contribution in [0.25, 0.3) is 25.5 Å². The van der Waals surface area contributed by atoms with E-state index in [0.717, 1.165) is 41.8 Å². The SMILES string of the molecule is CCc1cc2c(cc1C)C(=O)/C(=C/c1cc3sc(-c4cccs4)nc3s1)C2=O. The third kappa shape index (κ3) is 2.71. The number of rotatable bonds is 3. The van der Waals surface area contributed by atoms with Crippen molar-refractivity contribution in [3.63, 3.8) is 0 Å². The van der Waals surface area contributed by atoms with E-state index in [1.807, 2.05) is 36.6 Å². The molecule has 3 heterocycles. The minimum Gasteiger partial charge on any atom is -0.288 e. The molecule has 0 radical (unpaired) electrons. The summed E-state index contributed by atoms with van der Waals surface area (Å²) in [4.78, 5) is 33.4. The Morgan fingerprint density at radius 3 is 2.54 bits per heavy atom. The van der Waals surface area contributed by atoms with Gasteiger partial charge in [0.2, 0.25) is 0 Å². The number of hydrogen-bond acceptors (Lipinski definition) is 6. The predicted octanol–water partition coefficient (Wildman–Crippen LogP) is 6.42. The fourth-order valence-electron chi connectivity index (χ4n) is 3.51. The van der Waals surface area contributed by atoms with Crippen LogP contribution in [0.3, 0.4) is 0 Å². The molecule has 1 aliphatic rings. The maximum Gasteiger partial charge on any atom is 0.197 e. The van der Waals surface area contributed by atoms with Crippen LogP contribution < -0.4 is 0 Å². The summed E-state index contributed by atoms with van der Waals surface area (Å²) in [6.07, 6.45) is 2.58. The topological polar surface area (TPSA) is 47.0 Å². The second kappa shape index (κ2) is 6.58. The van der Waals surface area contributed by atoms with Gasteiger partial charge in [0.1, 0.15) is 9.84 Å². The van der Waals surface area contributed by atoms with Crippen molar-refractivity contribution in [2.75, 3.05) is 0 Å². The molecule has 0 fully saturated rings. The molecular weight excluding hydrogens is 406 g/mol. The van der Waals surface area contributed by atoms with Gasteiger partial charge in [-0.3, -0.25) is 9.59 Å². The van der Waals surface area contributed by atoms with Crippen LogP contribution >= 0.6 is 34.0 Å². The van der Waals surface area contributed by atoms with Crippen molar-refractivity contribution in [1.82, 2.24) is 4.98 Å². The minimum atomic E-state index is -0.172. The lowest BCUT2D eigenvalue weighted by molar-refractivity contribution is 0.0990. The molecule has 0 bridgehead atoms. The van der Waals surface area contributed by atoms with Crippen molar-refractivity contribution in [3.8, 4) is 9.88 Å². The summed E-state index contributed by atoms with van der Waals surface area (Å²) in [7, 11) is 0. The second-order valence-corrected chi connectivity index (χ2v) is 9.75. The number of benzene rings is 1. The standard InChI is InChI=1S/C22H15NO2S3/c1-3-12-8-15-14(7-11(12)2)19(24)16(20(15)25)9-13-10-18-22(27-13)23-21(28-18)17-5-4-6-26-17/h4-10H,3H2,1-2H3/b16-9-. The fraction of sp³-hybridized carbons (Fsp3) is 0.136. The smallest absolute Gasteiger partial charge is 0.197 e. The van der Waals surface area contributed by atoms with E-state index in [4.69, 9.17) is 4.98 Å². The first kappa shape index (κ1) is 17.7.